The third kappa shape index (κ3) is 2.26. The van der Waals surface area contributed by atoms with E-state index in [1.807, 2.05) is 13.8 Å². The van der Waals surface area contributed by atoms with Gasteiger partial charge in [0.15, 0.2) is 0 Å². The standard InChI is InChI=1S/C16H24N2O/c1-15(2,9-17)10-18-14(19)16-6-11-3-12(7-16)5-13(4-11)8-16/h11-13H,3-8,10H2,1-2H3,(H,18,19). The SMILES string of the molecule is CC(C)(C#N)CNC(=O)C12CC3CC(CC(C3)C1)C2. The van der Waals surface area contributed by atoms with Gasteiger partial charge in [-0.05, 0) is 70.1 Å². The fraction of sp³-hybridized carbons (Fsp3) is 0.875. The molecule has 0 aromatic carbocycles. The van der Waals surface area contributed by atoms with Crippen molar-refractivity contribution in [3.05, 3.63) is 0 Å². The summed E-state index contributed by atoms with van der Waals surface area (Å²) in [7, 11) is 0. The Labute approximate surface area is 115 Å². The average Bonchev–Trinajstić information content (AvgIpc) is 2.34. The Morgan fingerprint density at radius 2 is 1.68 bits per heavy atom. The van der Waals surface area contributed by atoms with E-state index in [-0.39, 0.29) is 11.3 Å². The average molecular weight is 260 g/mol. The van der Waals surface area contributed by atoms with Gasteiger partial charge in [-0.2, -0.15) is 5.26 Å². The Balaban J connectivity index is 1.68. The van der Waals surface area contributed by atoms with Crippen molar-refractivity contribution in [3.8, 4) is 6.07 Å². The molecule has 0 radical (unpaired) electrons. The number of hydrogen-bond acceptors (Lipinski definition) is 2. The summed E-state index contributed by atoms with van der Waals surface area (Å²) in [5.41, 5.74) is -0.543. The van der Waals surface area contributed by atoms with E-state index in [1.54, 1.807) is 0 Å². The van der Waals surface area contributed by atoms with Crippen molar-refractivity contribution in [3.63, 3.8) is 0 Å². The van der Waals surface area contributed by atoms with Gasteiger partial charge in [-0.1, -0.05) is 0 Å². The second-order valence-corrected chi connectivity index (χ2v) is 7.88. The third-order valence-corrected chi connectivity index (χ3v) is 5.51. The maximum absolute atomic E-state index is 12.6. The minimum Gasteiger partial charge on any atom is -0.354 e. The molecule has 0 spiro atoms. The number of hydrogen-bond donors (Lipinski definition) is 1. The first kappa shape index (κ1) is 13.0. The van der Waals surface area contributed by atoms with Gasteiger partial charge in [0.25, 0.3) is 0 Å². The first-order valence-electron chi connectivity index (χ1n) is 7.62. The highest BCUT2D eigenvalue weighted by Crippen LogP contribution is 2.60. The van der Waals surface area contributed by atoms with Gasteiger partial charge in [0.1, 0.15) is 0 Å². The zero-order valence-electron chi connectivity index (χ0n) is 12.0. The van der Waals surface area contributed by atoms with Gasteiger partial charge in [0.05, 0.1) is 11.5 Å². The predicted molar refractivity (Wildman–Crippen MR) is 73.0 cm³/mol. The summed E-state index contributed by atoms with van der Waals surface area (Å²) in [6, 6.07) is 2.26. The lowest BCUT2D eigenvalue weighted by molar-refractivity contribution is -0.146. The van der Waals surface area contributed by atoms with E-state index in [2.05, 4.69) is 11.4 Å². The van der Waals surface area contributed by atoms with Crippen LogP contribution in [-0.4, -0.2) is 12.5 Å². The van der Waals surface area contributed by atoms with Crippen molar-refractivity contribution >= 4 is 5.91 Å². The molecule has 4 bridgehead atoms. The number of nitriles is 1. The molecule has 0 atom stereocenters. The van der Waals surface area contributed by atoms with Crippen LogP contribution in [-0.2, 0) is 4.79 Å². The fourth-order valence-corrected chi connectivity index (χ4v) is 4.92. The van der Waals surface area contributed by atoms with Crippen LogP contribution in [0.4, 0.5) is 0 Å². The van der Waals surface area contributed by atoms with E-state index in [1.165, 1.54) is 19.3 Å². The summed E-state index contributed by atoms with van der Waals surface area (Å²) in [6.45, 7) is 4.24. The summed E-state index contributed by atoms with van der Waals surface area (Å²) in [6.07, 6.45) is 7.36. The number of nitrogens with one attached hydrogen (secondary N) is 1. The van der Waals surface area contributed by atoms with Crippen LogP contribution in [0.25, 0.3) is 0 Å². The molecule has 3 heteroatoms. The molecule has 4 aliphatic carbocycles. The van der Waals surface area contributed by atoms with Crippen LogP contribution < -0.4 is 5.32 Å². The van der Waals surface area contributed by atoms with E-state index in [9.17, 15) is 4.79 Å². The van der Waals surface area contributed by atoms with Crippen LogP contribution in [0.1, 0.15) is 52.4 Å². The van der Waals surface area contributed by atoms with Crippen LogP contribution >= 0.6 is 0 Å². The topological polar surface area (TPSA) is 52.9 Å². The monoisotopic (exact) mass is 260 g/mol. The lowest BCUT2D eigenvalue weighted by Gasteiger charge is -2.55. The first-order valence-corrected chi connectivity index (χ1v) is 7.62. The van der Waals surface area contributed by atoms with E-state index in [0.717, 1.165) is 37.0 Å². The van der Waals surface area contributed by atoms with Gasteiger partial charge in [-0.3, -0.25) is 4.79 Å². The molecule has 0 aromatic heterocycles. The van der Waals surface area contributed by atoms with Crippen LogP contribution in [0.2, 0.25) is 0 Å². The molecule has 19 heavy (non-hydrogen) atoms. The lowest BCUT2D eigenvalue weighted by atomic mass is 9.49. The van der Waals surface area contributed by atoms with E-state index >= 15 is 0 Å². The Kier molecular flexibility index (Phi) is 2.89. The van der Waals surface area contributed by atoms with Crippen molar-refractivity contribution in [2.45, 2.75) is 52.4 Å². The van der Waals surface area contributed by atoms with Crippen LogP contribution in [0.3, 0.4) is 0 Å². The highest BCUT2D eigenvalue weighted by molar-refractivity contribution is 5.83. The molecule has 0 heterocycles. The number of rotatable bonds is 3. The highest BCUT2D eigenvalue weighted by atomic mass is 16.2. The molecule has 104 valence electrons. The normalized spacial score (nSPS) is 39.9. The fourth-order valence-electron chi connectivity index (χ4n) is 4.92. The van der Waals surface area contributed by atoms with E-state index in [4.69, 9.17) is 5.26 Å². The summed E-state index contributed by atoms with van der Waals surface area (Å²) in [5, 5.41) is 12.1. The molecule has 1 N–H and O–H groups in total. The zero-order chi connectivity index (χ0) is 13.7. The predicted octanol–water partition coefficient (Wildman–Crippen LogP) is 2.87. The van der Waals surface area contributed by atoms with E-state index < -0.39 is 5.41 Å². The van der Waals surface area contributed by atoms with Crippen molar-refractivity contribution in [1.29, 1.82) is 5.26 Å². The highest BCUT2D eigenvalue weighted by Gasteiger charge is 2.54. The van der Waals surface area contributed by atoms with Gasteiger partial charge >= 0.3 is 0 Å². The summed E-state index contributed by atoms with van der Waals surface area (Å²) >= 11 is 0. The van der Waals surface area contributed by atoms with Crippen molar-refractivity contribution in [2.24, 2.45) is 28.6 Å². The minimum absolute atomic E-state index is 0.0830. The molecule has 4 fully saturated rings. The van der Waals surface area contributed by atoms with Gasteiger partial charge in [-0.25, -0.2) is 0 Å². The molecule has 0 aromatic rings. The van der Waals surface area contributed by atoms with E-state index in [0.29, 0.717) is 6.54 Å². The van der Waals surface area contributed by atoms with Gasteiger partial charge in [0, 0.05) is 12.0 Å². The molecule has 0 saturated heterocycles. The second-order valence-electron chi connectivity index (χ2n) is 7.88. The lowest BCUT2D eigenvalue weighted by Crippen LogP contribution is -2.54. The minimum atomic E-state index is -0.460. The second kappa shape index (κ2) is 4.23. The molecule has 0 unspecified atom stereocenters. The largest absolute Gasteiger partial charge is 0.354 e. The quantitative estimate of drug-likeness (QED) is 0.848. The molecule has 3 nitrogen and oxygen atoms in total. The smallest absolute Gasteiger partial charge is 0.226 e. The summed E-state index contributed by atoms with van der Waals surface area (Å²) in [4.78, 5) is 12.6. The van der Waals surface area contributed by atoms with Crippen LogP contribution in [0.5, 0.6) is 0 Å². The Morgan fingerprint density at radius 1 is 1.21 bits per heavy atom. The first-order chi connectivity index (χ1) is 8.92. The van der Waals surface area contributed by atoms with Crippen LogP contribution in [0.15, 0.2) is 0 Å². The Bertz CT molecular complexity index is 397. The molecule has 4 aliphatic rings. The van der Waals surface area contributed by atoms with Crippen molar-refractivity contribution in [2.75, 3.05) is 6.54 Å². The Hall–Kier alpha value is -1.04. The number of carbonyl (C=O) groups excluding carboxylic acids is 1. The maximum Gasteiger partial charge on any atom is 0.226 e. The van der Waals surface area contributed by atoms with Gasteiger partial charge < -0.3 is 5.32 Å². The molecule has 4 rings (SSSR count). The van der Waals surface area contributed by atoms with Crippen molar-refractivity contribution in [1.82, 2.24) is 5.32 Å². The number of nitrogens with zero attached hydrogens (tertiary/aromatic N) is 1. The van der Waals surface area contributed by atoms with Crippen molar-refractivity contribution < 1.29 is 4.79 Å². The van der Waals surface area contributed by atoms with Crippen LogP contribution in [0, 0.1) is 39.9 Å². The summed E-state index contributed by atoms with van der Waals surface area (Å²) in [5.74, 6) is 2.61. The maximum atomic E-state index is 12.6. The molecular weight excluding hydrogens is 236 g/mol. The molecule has 1 amide bonds. The molecular formula is C16H24N2O. The van der Waals surface area contributed by atoms with Gasteiger partial charge in [-0.15, -0.1) is 0 Å². The number of carbonyl (C=O) groups is 1. The zero-order valence-corrected chi connectivity index (χ0v) is 12.0. The number of amides is 1. The summed E-state index contributed by atoms with van der Waals surface area (Å²) < 4.78 is 0. The van der Waals surface area contributed by atoms with Gasteiger partial charge in [0.2, 0.25) is 5.91 Å². The Morgan fingerprint density at radius 3 is 2.11 bits per heavy atom. The molecule has 0 aliphatic heterocycles. The molecule has 4 saturated carbocycles. The third-order valence-electron chi connectivity index (χ3n) is 5.51.